The number of H-pyrrole nitrogens is 1. The molecule has 0 bridgehead atoms. The number of aromatic nitrogens is 1. The number of nitrogens with one attached hydrogen (secondary N) is 2. The van der Waals surface area contributed by atoms with Crippen LogP contribution in [-0.2, 0) is 0 Å². The maximum absolute atomic E-state index is 6.01. The first-order chi connectivity index (χ1) is 8.72. The Morgan fingerprint density at radius 2 is 2.17 bits per heavy atom. The molecule has 0 radical (unpaired) electrons. The zero-order valence-electron chi connectivity index (χ0n) is 11.0. The fourth-order valence-corrected chi connectivity index (χ4v) is 2.55. The summed E-state index contributed by atoms with van der Waals surface area (Å²) in [6.45, 7) is 5.50. The fraction of sp³-hybridized carbons (Fsp3) is 0.500. The van der Waals surface area contributed by atoms with Crippen molar-refractivity contribution in [2.24, 2.45) is 10.7 Å². The topological polar surface area (TPSA) is 66.2 Å². The number of nitrogens with two attached hydrogens (primary N) is 1. The van der Waals surface area contributed by atoms with E-state index >= 15 is 0 Å². The van der Waals surface area contributed by atoms with E-state index in [1.54, 1.807) is 0 Å². The lowest BCUT2D eigenvalue weighted by atomic mass is 9.95. The van der Waals surface area contributed by atoms with E-state index in [4.69, 9.17) is 5.73 Å². The zero-order valence-corrected chi connectivity index (χ0v) is 11.0. The van der Waals surface area contributed by atoms with Crippen molar-refractivity contribution in [1.82, 2.24) is 10.3 Å². The van der Waals surface area contributed by atoms with Crippen LogP contribution in [0.5, 0.6) is 0 Å². The standard InChI is InChI=1S/C14H22N4/c1-10(15)13(12-8-9-17-14(12)16-2)18-11-6-4-3-5-7-11/h8-9,11,17-18H,2-7,15H2,1H3/b13-10-. The minimum atomic E-state index is 0.528. The fourth-order valence-electron chi connectivity index (χ4n) is 2.55. The number of aliphatic imine (C=N–C) groups is 1. The van der Waals surface area contributed by atoms with Crippen LogP contribution >= 0.6 is 0 Å². The molecule has 0 unspecified atom stereocenters. The molecule has 1 aromatic heterocycles. The lowest BCUT2D eigenvalue weighted by molar-refractivity contribution is 0.408. The van der Waals surface area contributed by atoms with E-state index < -0.39 is 0 Å². The summed E-state index contributed by atoms with van der Waals surface area (Å²) in [4.78, 5) is 7.06. The maximum atomic E-state index is 6.01. The van der Waals surface area contributed by atoms with Crippen LogP contribution in [0.15, 0.2) is 23.0 Å². The van der Waals surface area contributed by atoms with Crippen LogP contribution in [-0.4, -0.2) is 17.7 Å². The summed E-state index contributed by atoms with van der Waals surface area (Å²) in [6, 6.07) is 2.52. The van der Waals surface area contributed by atoms with Gasteiger partial charge in [-0.2, -0.15) is 0 Å². The van der Waals surface area contributed by atoms with Crippen molar-refractivity contribution in [1.29, 1.82) is 0 Å². The Balaban J connectivity index is 2.19. The summed E-state index contributed by atoms with van der Waals surface area (Å²) >= 11 is 0. The summed E-state index contributed by atoms with van der Waals surface area (Å²) in [5.74, 6) is 0.776. The molecule has 1 aliphatic carbocycles. The average Bonchev–Trinajstić information content (AvgIpc) is 2.84. The van der Waals surface area contributed by atoms with Gasteiger partial charge in [-0.3, -0.25) is 0 Å². The second-order valence-electron chi connectivity index (χ2n) is 4.94. The average molecular weight is 246 g/mol. The van der Waals surface area contributed by atoms with E-state index in [0.29, 0.717) is 6.04 Å². The monoisotopic (exact) mass is 246 g/mol. The molecule has 4 nitrogen and oxygen atoms in total. The first-order valence-corrected chi connectivity index (χ1v) is 6.59. The Hall–Kier alpha value is -1.71. The summed E-state index contributed by atoms with van der Waals surface area (Å²) in [6.07, 6.45) is 8.26. The molecule has 1 heterocycles. The Kier molecular flexibility index (Phi) is 4.07. The molecule has 1 saturated carbocycles. The number of nitrogens with zero attached hydrogens (tertiary/aromatic N) is 1. The minimum absolute atomic E-state index is 0.528. The molecule has 4 N–H and O–H groups in total. The molecule has 0 spiro atoms. The molecule has 0 atom stereocenters. The Morgan fingerprint density at radius 1 is 1.44 bits per heavy atom. The van der Waals surface area contributed by atoms with Crippen LogP contribution in [0.1, 0.15) is 44.6 Å². The molecule has 0 amide bonds. The van der Waals surface area contributed by atoms with Crippen molar-refractivity contribution in [3.8, 4) is 0 Å². The highest BCUT2D eigenvalue weighted by Crippen LogP contribution is 2.27. The molecule has 18 heavy (non-hydrogen) atoms. The largest absolute Gasteiger partial charge is 0.401 e. The summed E-state index contributed by atoms with van der Waals surface area (Å²) in [5, 5.41) is 3.58. The van der Waals surface area contributed by atoms with E-state index in [0.717, 1.165) is 22.8 Å². The molecule has 0 aromatic carbocycles. The van der Waals surface area contributed by atoms with Gasteiger partial charge in [0.2, 0.25) is 0 Å². The molecule has 4 heteroatoms. The summed E-state index contributed by atoms with van der Waals surface area (Å²) in [7, 11) is 0. The minimum Gasteiger partial charge on any atom is -0.401 e. The Labute approximate surface area is 108 Å². The lowest BCUT2D eigenvalue weighted by Gasteiger charge is -2.26. The SMILES string of the molecule is C=Nc1[nH]ccc1/C(NC1CCCCC1)=C(\C)N. The van der Waals surface area contributed by atoms with Gasteiger partial charge in [0, 0.05) is 23.5 Å². The normalized spacial score (nSPS) is 18.3. The van der Waals surface area contributed by atoms with E-state index in [2.05, 4.69) is 22.0 Å². The number of allylic oxidation sites excluding steroid dienone is 1. The van der Waals surface area contributed by atoms with Crippen molar-refractivity contribution in [3.63, 3.8) is 0 Å². The number of aromatic amines is 1. The van der Waals surface area contributed by atoms with Crippen molar-refractivity contribution >= 4 is 18.2 Å². The zero-order chi connectivity index (χ0) is 13.0. The van der Waals surface area contributed by atoms with Crippen LogP contribution in [0.2, 0.25) is 0 Å². The predicted octanol–water partition coefficient (Wildman–Crippen LogP) is 2.92. The van der Waals surface area contributed by atoms with E-state index in [9.17, 15) is 0 Å². The molecule has 1 aromatic rings. The van der Waals surface area contributed by atoms with Gasteiger partial charge in [-0.15, -0.1) is 0 Å². The van der Waals surface area contributed by atoms with E-state index in [-0.39, 0.29) is 0 Å². The van der Waals surface area contributed by atoms with Crippen LogP contribution in [0.4, 0.5) is 5.82 Å². The van der Waals surface area contributed by atoms with Gasteiger partial charge in [0.25, 0.3) is 0 Å². The van der Waals surface area contributed by atoms with Crippen LogP contribution in [0.3, 0.4) is 0 Å². The van der Waals surface area contributed by atoms with E-state index in [1.165, 1.54) is 32.1 Å². The van der Waals surface area contributed by atoms with Gasteiger partial charge in [0.1, 0.15) is 5.82 Å². The maximum Gasteiger partial charge on any atom is 0.138 e. The lowest BCUT2D eigenvalue weighted by Crippen LogP contribution is -2.31. The highest BCUT2D eigenvalue weighted by Gasteiger charge is 2.17. The first kappa shape index (κ1) is 12.7. The Morgan fingerprint density at radius 3 is 2.78 bits per heavy atom. The second-order valence-corrected chi connectivity index (χ2v) is 4.94. The molecule has 2 rings (SSSR count). The van der Waals surface area contributed by atoms with Crippen molar-refractivity contribution in [2.45, 2.75) is 45.1 Å². The molecule has 0 aliphatic heterocycles. The third kappa shape index (κ3) is 2.75. The second kappa shape index (κ2) is 5.76. The van der Waals surface area contributed by atoms with Crippen LogP contribution in [0, 0.1) is 0 Å². The summed E-state index contributed by atoms with van der Waals surface area (Å²) < 4.78 is 0. The number of rotatable bonds is 4. The van der Waals surface area contributed by atoms with Gasteiger partial charge >= 0.3 is 0 Å². The molecule has 0 saturated heterocycles. The van der Waals surface area contributed by atoms with Gasteiger partial charge in [-0.1, -0.05) is 19.3 Å². The Bertz CT molecular complexity index is 434. The smallest absolute Gasteiger partial charge is 0.138 e. The molecular weight excluding hydrogens is 224 g/mol. The van der Waals surface area contributed by atoms with Gasteiger partial charge in [0.15, 0.2) is 0 Å². The van der Waals surface area contributed by atoms with Crippen molar-refractivity contribution in [3.05, 3.63) is 23.5 Å². The van der Waals surface area contributed by atoms with Crippen molar-refractivity contribution < 1.29 is 0 Å². The highest BCUT2D eigenvalue weighted by molar-refractivity contribution is 5.74. The van der Waals surface area contributed by atoms with Crippen LogP contribution in [0.25, 0.3) is 5.70 Å². The highest BCUT2D eigenvalue weighted by atomic mass is 15.0. The molecule has 1 fully saturated rings. The van der Waals surface area contributed by atoms with Crippen LogP contribution < -0.4 is 11.1 Å². The molecule has 1 aliphatic rings. The van der Waals surface area contributed by atoms with Gasteiger partial charge in [-0.05, 0) is 32.5 Å². The third-order valence-corrected chi connectivity index (χ3v) is 3.50. The molecule has 98 valence electrons. The number of hydrogen-bond acceptors (Lipinski definition) is 3. The first-order valence-electron chi connectivity index (χ1n) is 6.59. The quantitative estimate of drug-likeness (QED) is 0.715. The molecular formula is C14H22N4. The number of hydrogen-bond donors (Lipinski definition) is 3. The predicted molar refractivity (Wildman–Crippen MR) is 76.8 cm³/mol. The van der Waals surface area contributed by atoms with Crippen molar-refractivity contribution in [2.75, 3.05) is 0 Å². The van der Waals surface area contributed by atoms with Gasteiger partial charge in [-0.25, -0.2) is 4.99 Å². The van der Waals surface area contributed by atoms with Gasteiger partial charge < -0.3 is 16.0 Å². The third-order valence-electron chi connectivity index (χ3n) is 3.50. The van der Waals surface area contributed by atoms with Gasteiger partial charge in [0.05, 0.1) is 5.70 Å². The summed E-state index contributed by atoms with van der Waals surface area (Å²) in [5.41, 5.74) is 8.81. The van der Waals surface area contributed by atoms with E-state index in [1.807, 2.05) is 19.2 Å².